The van der Waals surface area contributed by atoms with Gasteiger partial charge in [-0.05, 0) is 45.4 Å². The molecule has 1 aromatic heterocycles. The van der Waals surface area contributed by atoms with E-state index < -0.39 is 71.5 Å². The predicted octanol–water partition coefficient (Wildman–Crippen LogP) is 5.52. The van der Waals surface area contributed by atoms with E-state index in [0.29, 0.717) is 0 Å². The van der Waals surface area contributed by atoms with Crippen LogP contribution in [0.15, 0.2) is 48.5 Å². The summed E-state index contributed by atoms with van der Waals surface area (Å²) in [6.07, 6.45) is -2.05. The van der Waals surface area contributed by atoms with E-state index in [4.69, 9.17) is 37.9 Å². The highest BCUT2D eigenvalue weighted by atomic mass is 19.2. The lowest BCUT2D eigenvalue weighted by Crippen LogP contribution is -2.61. The van der Waals surface area contributed by atoms with Gasteiger partial charge in [0.15, 0.2) is 23.1 Å². The fourth-order valence-electron chi connectivity index (χ4n) is 5.41. The van der Waals surface area contributed by atoms with Crippen molar-refractivity contribution in [2.24, 2.45) is 0 Å². The highest BCUT2D eigenvalue weighted by Gasteiger charge is 2.66. The molecule has 13 heteroatoms. The summed E-state index contributed by atoms with van der Waals surface area (Å²) >= 11 is 0. The molecule has 232 valence electrons. The lowest BCUT2D eigenvalue weighted by atomic mass is 9.97. The number of benzene rings is 2. The molecule has 0 saturated carbocycles. The molecule has 4 unspecified atom stereocenters. The lowest BCUT2D eigenvalue weighted by molar-refractivity contribution is -0.291. The van der Waals surface area contributed by atoms with Gasteiger partial charge >= 0.3 is 0 Å². The van der Waals surface area contributed by atoms with Crippen molar-refractivity contribution in [1.82, 2.24) is 4.98 Å². The molecule has 3 fully saturated rings. The number of ether oxygens (including phenoxy) is 8. The molecule has 4 heterocycles. The topological polar surface area (TPSA) is 111 Å². The molecule has 0 amide bonds. The second kappa shape index (κ2) is 11.2. The number of pyridine rings is 1. The fourth-order valence-corrected chi connectivity index (χ4v) is 5.41. The average molecular weight is 615 g/mol. The summed E-state index contributed by atoms with van der Waals surface area (Å²) in [4.78, 5) is 3.30. The molecule has 0 aliphatic carbocycles. The van der Waals surface area contributed by atoms with E-state index in [1.165, 1.54) is 18.2 Å². The SMILES string of the molecule is CC1(C)OC2COC3(COc4c(F)c(F)nc(Oc5cc(C#N)ccc5OCc5ccccc5)c4F)OC(C)(C)OC3C2O1. The summed E-state index contributed by atoms with van der Waals surface area (Å²) in [7, 11) is 0. The quantitative estimate of drug-likeness (QED) is 0.301. The van der Waals surface area contributed by atoms with E-state index in [9.17, 15) is 14.0 Å². The van der Waals surface area contributed by atoms with Crippen LogP contribution in [-0.2, 0) is 30.3 Å². The highest BCUT2D eigenvalue weighted by Crippen LogP contribution is 2.48. The minimum atomic E-state index is -1.69. The number of aromatic nitrogens is 1. The number of rotatable bonds is 8. The molecule has 3 aromatic rings. The zero-order valence-electron chi connectivity index (χ0n) is 24.3. The normalized spacial score (nSPS) is 26.4. The standard InChI is InChI=1S/C31H29F3N2O8/c1-29(2)41-21-15-39-31(26(24(21)42-29)43-30(3,4)44-31)16-38-25-22(32)27(34)36-28(23(25)33)40-20-12-18(13-35)10-11-19(20)37-14-17-8-6-5-7-9-17/h5-12,21,24,26H,14-16H2,1-4H3. The van der Waals surface area contributed by atoms with E-state index in [-0.39, 0.29) is 30.3 Å². The van der Waals surface area contributed by atoms with Crippen LogP contribution in [0.2, 0.25) is 0 Å². The van der Waals surface area contributed by atoms with Crippen molar-refractivity contribution in [2.45, 2.75) is 70.0 Å². The molecular formula is C31H29F3N2O8. The van der Waals surface area contributed by atoms with Crippen LogP contribution in [0.3, 0.4) is 0 Å². The summed E-state index contributed by atoms with van der Waals surface area (Å²) in [5.41, 5.74) is 0.968. The molecule has 3 saturated heterocycles. The third-order valence-corrected chi connectivity index (χ3v) is 7.18. The number of nitrogens with zero attached hydrogens (tertiary/aromatic N) is 2. The van der Waals surface area contributed by atoms with Gasteiger partial charge in [-0.25, -0.2) is 0 Å². The van der Waals surface area contributed by atoms with Gasteiger partial charge in [0.05, 0.1) is 18.2 Å². The molecule has 3 aliphatic heterocycles. The van der Waals surface area contributed by atoms with Crippen molar-refractivity contribution in [3.63, 3.8) is 0 Å². The van der Waals surface area contributed by atoms with Crippen molar-refractivity contribution in [3.8, 4) is 29.2 Å². The van der Waals surface area contributed by atoms with E-state index in [1.807, 2.05) is 36.4 Å². The zero-order chi connectivity index (χ0) is 31.3. The van der Waals surface area contributed by atoms with E-state index in [1.54, 1.807) is 27.7 Å². The first-order valence-electron chi connectivity index (χ1n) is 13.8. The molecule has 10 nitrogen and oxygen atoms in total. The van der Waals surface area contributed by atoms with Crippen molar-refractivity contribution < 1.29 is 51.1 Å². The van der Waals surface area contributed by atoms with Crippen LogP contribution < -0.4 is 14.2 Å². The Bertz CT molecular complexity index is 1600. The number of nitriles is 1. The van der Waals surface area contributed by atoms with Gasteiger partial charge in [0, 0.05) is 6.07 Å². The smallest absolute Gasteiger partial charge is 0.262 e. The Morgan fingerprint density at radius 3 is 2.45 bits per heavy atom. The first-order chi connectivity index (χ1) is 20.9. The van der Waals surface area contributed by atoms with Crippen LogP contribution in [0.4, 0.5) is 13.2 Å². The number of hydrogen-bond donors (Lipinski definition) is 0. The second-order valence-corrected chi connectivity index (χ2v) is 11.4. The summed E-state index contributed by atoms with van der Waals surface area (Å²) in [6, 6.07) is 15.3. The molecule has 0 bridgehead atoms. The second-order valence-electron chi connectivity index (χ2n) is 11.4. The summed E-state index contributed by atoms with van der Waals surface area (Å²) in [5.74, 6) is -10.7. The zero-order valence-corrected chi connectivity index (χ0v) is 24.3. The Morgan fingerprint density at radius 1 is 0.932 bits per heavy atom. The van der Waals surface area contributed by atoms with Gasteiger partial charge in [-0.1, -0.05) is 30.3 Å². The molecule has 4 atom stereocenters. The summed E-state index contributed by atoms with van der Waals surface area (Å²) in [6.45, 7) is 6.26. The maximum Gasteiger partial charge on any atom is 0.262 e. The monoisotopic (exact) mass is 614 g/mol. The van der Waals surface area contributed by atoms with Crippen LogP contribution in [0.5, 0.6) is 23.1 Å². The Hall–Kier alpha value is -3.93. The fraction of sp³-hybridized carbons (Fsp3) is 0.419. The molecule has 6 rings (SSSR count). The van der Waals surface area contributed by atoms with Crippen LogP contribution in [0.1, 0.15) is 38.8 Å². The van der Waals surface area contributed by atoms with Gasteiger partial charge < -0.3 is 37.9 Å². The Kier molecular flexibility index (Phi) is 7.67. The molecule has 2 aromatic carbocycles. The van der Waals surface area contributed by atoms with Crippen LogP contribution in [0, 0.1) is 28.9 Å². The average Bonchev–Trinajstić information content (AvgIpc) is 3.46. The van der Waals surface area contributed by atoms with Gasteiger partial charge in [-0.3, -0.25) is 0 Å². The molecule has 0 radical (unpaired) electrons. The third-order valence-electron chi connectivity index (χ3n) is 7.18. The van der Waals surface area contributed by atoms with Crippen LogP contribution in [-0.4, -0.2) is 53.9 Å². The van der Waals surface area contributed by atoms with E-state index in [0.717, 1.165) is 5.56 Å². The minimum Gasteiger partial charge on any atom is -0.485 e. The van der Waals surface area contributed by atoms with E-state index in [2.05, 4.69) is 4.98 Å². The Morgan fingerprint density at radius 2 is 1.70 bits per heavy atom. The van der Waals surface area contributed by atoms with Gasteiger partial charge in [0.2, 0.25) is 23.2 Å². The third kappa shape index (κ3) is 5.79. The molecule has 0 N–H and O–H groups in total. The maximum absolute atomic E-state index is 15.7. The predicted molar refractivity (Wildman–Crippen MR) is 144 cm³/mol. The Labute approximate surface area is 251 Å². The minimum absolute atomic E-state index is 0.0123. The molecule has 44 heavy (non-hydrogen) atoms. The van der Waals surface area contributed by atoms with Crippen molar-refractivity contribution in [2.75, 3.05) is 13.2 Å². The molecular weight excluding hydrogens is 585 g/mol. The maximum atomic E-state index is 15.7. The number of hydrogen-bond acceptors (Lipinski definition) is 10. The first kappa shape index (κ1) is 30.1. The Balaban J connectivity index is 1.27. The van der Waals surface area contributed by atoms with Gasteiger partial charge in [-0.15, -0.1) is 0 Å². The lowest BCUT2D eigenvalue weighted by Gasteiger charge is -2.40. The largest absolute Gasteiger partial charge is 0.485 e. The van der Waals surface area contributed by atoms with Crippen molar-refractivity contribution >= 4 is 0 Å². The van der Waals surface area contributed by atoms with Gasteiger partial charge in [0.1, 0.15) is 31.5 Å². The summed E-state index contributed by atoms with van der Waals surface area (Å²) < 4.78 is 92.3. The van der Waals surface area contributed by atoms with Crippen molar-refractivity contribution in [1.29, 1.82) is 5.26 Å². The van der Waals surface area contributed by atoms with Crippen molar-refractivity contribution in [3.05, 3.63) is 77.2 Å². The molecule has 0 spiro atoms. The molecule has 3 aliphatic rings. The first-order valence-corrected chi connectivity index (χ1v) is 13.8. The van der Waals surface area contributed by atoms with Crippen LogP contribution in [0.25, 0.3) is 0 Å². The highest BCUT2D eigenvalue weighted by molar-refractivity contribution is 5.49. The van der Waals surface area contributed by atoms with Crippen LogP contribution >= 0.6 is 0 Å². The van der Waals surface area contributed by atoms with Gasteiger partial charge in [0.25, 0.3) is 11.8 Å². The van der Waals surface area contributed by atoms with Gasteiger partial charge in [-0.2, -0.15) is 23.4 Å². The number of fused-ring (bicyclic) bond motifs is 3. The summed E-state index contributed by atoms with van der Waals surface area (Å²) in [5, 5.41) is 9.38. The van der Waals surface area contributed by atoms with E-state index >= 15 is 4.39 Å². The number of halogens is 3.